The maximum absolute atomic E-state index is 12.4. The molecule has 1 aromatic rings. The van der Waals surface area contributed by atoms with Crippen molar-refractivity contribution in [3.63, 3.8) is 0 Å². The van der Waals surface area contributed by atoms with Gasteiger partial charge in [0.25, 0.3) is 0 Å². The Balaban J connectivity index is 1.79. The molecule has 1 aliphatic heterocycles. The molecule has 1 aliphatic rings. The van der Waals surface area contributed by atoms with Crippen LogP contribution in [0.4, 0.5) is 5.69 Å². The van der Waals surface area contributed by atoms with Gasteiger partial charge in [-0.25, -0.2) is 4.99 Å². The molecule has 1 heterocycles. The van der Waals surface area contributed by atoms with Gasteiger partial charge in [0.15, 0.2) is 5.96 Å². The van der Waals surface area contributed by atoms with Gasteiger partial charge in [-0.1, -0.05) is 44.9 Å². The smallest absolute Gasteiger partial charge is 0.248 e. The SMILES string of the molecule is CC(C)CCCC(C)NC(N)=NCC(=O)N1CCc2ccccc21. The number of anilines is 1. The number of amides is 1. The number of carbonyl (C=O) groups is 1. The zero-order valence-electron chi connectivity index (χ0n) is 15.1. The third kappa shape index (κ3) is 5.25. The molecule has 3 N–H and O–H groups in total. The van der Waals surface area contributed by atoms with Crippen LogP contribution >= 0.6 is 0 Å². The summed E-state index contributed by atoms with van der Waals surface area (Å²) in [4.78, 5) is 18.4. The Kier molecular flexibility index (Phi) is 6.64. The number of benzene rings is 1. The van der Waals surface area contributed by atoms with Gasteiger partial charge in [0.2, 0.25) is 5.91 Å². The molecule has 5 nitrogen and oxygen atoms in total. The van der Waals surface area contributed by atoms with Crippen molar-refractivity contribution >= 4 is 17.6 Å². The second kappa shape index (κ2) is 8.71. The Morgan fingerprint density at radius 1 is 1.29 bits per heavy atom. The van der Waals surface area contributed by atoms with Gasteiger partial charge in [-0.3, -0.25) is 4.79 Å². The van der Waals surface area contributed by atoms with Crippen LogP contribution in [0.5, 0.6) is 0 Å². The molecular weight excluding hydrogens is 300 g/mol. The van der Waals surface area contributed by atoms with Gasteiger partial charge in [-0.2, -0.15) is 0 Å². The summed E-state index contributed by atoms with van der Waals surface area (Å²) in [5, 5.41) is 3.18. The first-order chi connectivity index (χ1) is 11.5. The Bertz CT molecular complexity index is 582. The number of nitrogens with two attached hydrogens (primary N) is 1. The van der Waals surface area contributed by atoms with Gasteiger partial charge >= 0.3 is 0 Å². The minimum atomic E-state index is -0.00263. The van der Waals surface area contributed by atoms with Crippen molar-refractivity contribution in [1.82, 2.24) is 5.32 Å². The predicted molar refractivity (Wildman–Crippen MR) is 100 cm³/mol. The molecule has 0 saturated heterocycles. The fraction of sp³-hybridized carbons (Fsp3) is 0.579. The number of guanidine groups is 1. The van der Waals surface area contributed by atoms with E-state index in [1.165, 1.54) is 18.4 Å². The number of fused-ring (bicyclic) bond motifs is 1. The van der Waals surface area contributed by atoms with Crippen molar-refractivity contribution in [3.8, 4) is 0 Å². The number of hydrogen-bond acceptors (Lipinski definition) is 2. The monoisotopic (exact) mass is 330 g/mol. The highest BCUT2D eigenvalue weighted by Crippen LogP contribution is 2.27. The van der Waals surface area contributed by atoms with Gasteiger partial charge < -0.3 is 16.0 Å². The lowest BCUT2D eigenvalue weighted by Crippen LogP contribution is -2.39. The molecule has 0 radical (unpaired) electrons. The summed E-state index contributed by atoms with van der Waals surface area (Å²) < 4.78 is 0. The Labute approximate surface area is 145 Å². The average Bonchev–Trinajstić information content (AvgIpc) is 2.96. The molecule has 0 spiro atoms. The summed E-state index contributed by atoms with van der Waals surface area (Å²) in [6.45, 7) is 7.38. The molecular formula is C19H30N4O. The lowest BCUT2D eigenvalue weighted by Gasteiger charge is -2.17. The highest BCUT2D eigenvalue weighted by Gasteiger charge is 2.23. The van der Waals surface area contributed by atoms with Crippen molar-refractivity contribution in [2.24, 2.45) is 16.6 Å². The molecule has 0 fully saturated rings. The summed E-state index contributed by atoms with van der Waals surface area (Å²) in [6, 6.07) is 8.30. The molecule has 1 unspecified atom stereocenters. The molecule has 0 aromatic heterocycles. The van der Waals surface area contributed by atoms with Crippen LogP contribution in [-0.2, 0) is 11.2 Å². The van der Waals surface area contributed by atoms with Gasteiger partial charge in [-0.05, 0) is 37.3 Å². The third-order valence-corrected chi connectivity index (χ3v) is 4.39. The number of hydrogen-bond donors (Lipinski definition) is 2. The fourth-order valence-corrected chi connectivity index (χ4v) is 3.04. The molecule has 0 aliphatic carbocycles. The van der Waals surface area contributed by atoms with Crippen LogP contribution in [-0.4, -0.2) is 31.0 Å². The summed E-state index contributed by atoms with van der Waals surface area (Å²) >= 11 is 0. The van der Waals surface area contributed by atoms with Crippen molar-refractivity contribution in [2.75, 3.05) is 18.0 Å². The Hall–Kier alpha value is -2.04. The molecule has 0 saturated carbocycles. The molecule has 5 heteroatoms. The summed E-state index contributed by atoms with van der Waals surface area (Å²) in [5.41, 5.74) is 8.14. The summed E-state index contributed by atoms with van der Waals surface area (Å²) in [5.74, 6) is 1.08. The Morgan fingerprint density at radius 2 is 2.04 bits per heavy atom. The average molecular weight is 330 g/mol. The first-order valence-corrected chi connectivity index (χ1v) is 8.92. The maximum Gasteiger partial charge on any atom is 0.248 e. The fourth-order valence-electron chi connectivity index (χ4n) is 3.04. The zero-order valence-corrected chi connectivity index (χ0v) is 15.1. The van der Waals surface area contributed by atoms with E-state index in [0.29, 0.717) is 5.96 Å². The van der Waals surface area contributed by atoms with Crippen molar-refractivity contribution in [3.05, 3.63) is 29.8 Å². The molecule has 2 rings (SSSR count). The highest BCUT2D eigenvalue weighted by molar-refractivity contribution is 5.97. The van der Waals surface area contributed by atoms with E-state index >= 15 is 0 Å². The lowest BCUT2D eigenvalue weighted by atomic mass is 10.0. The maximum atomic E-state index is 12.4. The standard InChI is InChI=1S/C19H30N4O/c1-14(2)7-6-8-15(3)22-19(20)21-13-18(24)23-12-11-16-9-4-5-10-17(16)23/h4-5,9-10,14-15H,6-8,11-13H2,1-3H3,(H3,20,21,22). The van der Waals surface area contributed by atoms with E-state index in [0.717, 1.165) is 31.0 Å². The van der Waals surface area contributed by atoms with Gasteiger partial charge in [0, 0.05) is 18.3 Å². The van der Waals surface area contributed by atoms with E-state index < -0.39 is 0 Å². The zero-order chi connectivity index (χ0) is 17.5. The van der Waals surface area contributed by atoms with Crippen molar-refractivity contribution in [1.29, 1.82) is 0 Å². The molecule has 132 valence electrons. The van der Waals surface area contributed by atoms with Crippen molar-refractivity contribution < 1.29 is 4.79 Å². The third-order valence-electron chi connectivity index (χ3n) is 4.39. The van der Waals surface area contributed by atoms with Crippen LogP contribution in [0.2, 0.25) is 0 Å². The molecule has 0 bridgehead atoms. The topological polar surface area (TPSA) is 70.7 Å². The first kappa shape index (κ1) is 18.3. The quantitative estimate of drug-likeness (QED) is 0.596. The minimum Gasteiger partial charge on any atom is -0.370 e. The van der Waals surface area contributed by atoms with E-state index in [9.17, 15) is 4.79 Å². The van der Waals surface area contributed by atoms with Crippen LogP contribution < -0.4 is 16.0 Å². The van der Waals surface area contributed by atoms with Crippen molar-refractivity contribution in [2.45, 2.75) is 52.5 Å². The normalized spacial score (nSPS) is 15.5. The lowest BCUT2D eigenvalue weighted by molar-refractivity contribution is -0.117. The van der Waals surface area contributed by atoms with E-state index in [4.69, 9.17) is 5.73 Å². The van der Waals surface area contributed by atoms with E-state index in [1.54, 1.807) is 4.90 Å². The number of aliphatic imine (C=N–C) groups is 1. The molecule has 1 aromatic carbocycles. The summed E-state index contributed by atoms with van der Waals surface area (Å²) in [7, 11) is 0. The van der Waals surface area contributed by atoms with E-state index in [2.05, 4.69) is 37.1 Å². The van der Waals surface area contributed by atoms with E-state index in [1.807, 2.05) is 18.2 Å². The Morgan fingerprint density at radius 3 is 2.79 bits per heavy atom. The first-order valence-electron chi connectivity index (χ1n) is 8.92. The number of rotatable bonds is 7. The van der Waals surface area contributed by atoms with Crippen LogP contribution in [0.1, 0.15) is 45.6 Å². The van der Waals surface area contributed by atoms with Gasteiger partial charge in [0.1, 0.15) is 6.54 Å². The van der Waals surface area contributed by atoms with Crippen LogP contribution in [0.25, 0.3) is 0 Å². The molecule has 1 atom stereocenters. The van der Waals surface area contributed by atoms with Gasteiger partial charge in [0.05, 0.1) is 0 Å². The number of nitrogens with zero attached hydrogens (tertiary/aromatic N) is 2. The number of carbonyl (C=O) groups excluding carboxylic acids is 1. The molecule has 24 heavy (non-hydrogen) atoms. The number of nitrogens with one attached hydrogen (secondary N) is 1. The van der Waals surface area contributed by atoms with Crippen LogP contribution in [0.3, 0.4) is 0 Å². The largest absolute Gasteiger partial charge is 0.370 e. The van der Waals surface area contributed by atoms with Gasteiger partial charge in [-0.15, -0.1) is 0 Å². The summed E-state index contributed by atoms with van der Waals surface area (Å²) in [6.07, 6.45) is 4.35. The molecule has 1 amide bonds. The second-order valence-electron chi connectivity index (χ2n) is 7.00. The number of para-hydroxylation sites is 1. The minimum absolute atomic E-state index is 0.00263. The van der Waals surface area contributed by atoms with E-state index in [-0.39, 0.29) is 18.5 Å². The predicted octanol–water partition coefficient (Wildman–Crippen LogP) is 2.69. The second-order valence-corrected chi connectivity index (χ2v) is 7.00. The van der Waals surface area contributed by atoms with Crippen LogP contribution in [0, 0.1) is 5.92 Å². The van der Waals surface area contributed by atoms with Crippen LogP contribution in [0.15, 0.2) is 29.3 Å². The highest BCUT2D eigenvalue weighted by atomic mass is 16.2.